The lowest BCUT2D eigenvalue weighted by Crippen LogP contribution is -2.32. The summed E-state index contributed by atoms with van der Waals surface area (Å²) >= 11 is 0. The van der Waals surface area contributed by atoms with Crippen molar-refractivity contribution < 1.29 is 14.1 Å². The SMILES string of the molecule is Cc1c(C(=O)NC[C@H]2CCCO2)cnn1-c1ccc(-c2nc(C(C)(C)C)no2)cn1. The van der Waals surface area contributed by atoms with Gasteiger partial charge in [0.05, 0.1) is 29.1 Å². The smallest absolute Gasteiger partial charge is 0.259 e. The molecule has 0 radical (unpaired) electrons. The van der Waals surface area contributed by atoms with Crippen LogP contribution in [0.25, 0.3) is 17.3 Å². The second-order valence-electron chi connectivity index (χ2n) is 8.48. The molecular weight excluding hydrogens is 384 g/mol. The molecule has 0 unspecified atom stereocenters. The van der Waals surface area contributed by atoms with Gasteiger partial charge in [-0.2, -0.15) is 10.1 Å². The van der Waals surface area contributed by atoms with Gasteiger partial charge in [-0.1, -0.05) is 25.9 Å². The number of nitrogens with zero attached hydrogens (tertiary/aromatic N) is 5. The number of rotatable bonds is 5. The molecule has 1 aliphatic heterocycles. The lowest BCUT2D eigenvalue weighted by molar-refractivity contribution is 0.0857. The lowest BCUT2D eigenvalue weighted by atomic mass is 9.96. The highest BCUT2D eigenvalue weighted by Crippen LogP contribution is 2.24. The van der Waals surface area contributed by atoms with Crippen molar-refractivity contribution in [2.75, 3.05) is 13.2 Å². The third-order valence-electron chi connectivity index (χ3n) is 5.08. The molecule has 158 valence electrons. The molecule has 0 saturated carbocycles. The molecule has 0 spiro atoms. The maximum atomic E-state index is 12.5. The fourth-order valence-corrected chi connectivity index (χ4v) is 3.25. The first kappa shape index (κ1) is 20.2. The molecular formula is C21H26N6O3. The van der Waals surface area contributed by atoms with Crippen molar-refractivity contribution in [3.05, 3.63) is 41.6 Å². The molecule has 4 rings (SSSR count). The van der Waals surface area contributed by atoms with Gasteiger partial charge in [-0.3, -0.25) is 4.79 Å². The number of hydrogen-bond donors (Lipinski definition) is 1. The molecule has 30 heavy (non-hydrogen) atoms. The third kappa shape index (κ3) is 4.11. The van der Waals surface area contributed by atoms with E-state index in [9.17, 15) is 4.79 Å². The van der Waals surface area contributed by atoms with Crippen LogP contribution in [0, 0.1) is 6.92 Å². The summed E-state index contributed by atoms with van der Waals surface area (Å²) in [6.45, 7) is 9.20. The third-order valence-corrected chi connectivity index (χ3v) is 5.08. The van der Waals surface area contributed by atoms with E-state index < -0.39 is 0 Å². The Morgan fingerprint density at radius 2 is 2.13 bits per heavy atom. The molecule has 1 N–H and O–H groups in total. The number of aromatic nitrogens is 5. The topological polar surface area (TPSA) is 108 Å². The van der Waals surface area contributed by atoms with Crippen LogP contribution in [0.15, 0.2) is 29.0 Å². The van der Waals surface area contributed by atoms with E-state index in [1.54, 1.807) is 17.1 Å². The van der Waals surface area contributed by atoms with E-state index in [-0.39, 0.29) is 17.4 Å². The number of amides is 1. The average Bonchev–Trinajstić information content (AvgIpc) is 3.46. The molecule has 1 amide bonds. The minimum absolute atomic E-state index is 0.0991. The number of ether oxygens (including phenoxy) is 1. The zero-order chi connectivity index (χ0) is 21.3. The van der Waals surface area contributed by atoms with Gasteiger partial charge in [0.15, 0.2) is 11.6 Å². The molecule has 0 bridgehead atoms. The predicted octanol–water partition coefficient (Wildman–Crippen LogP) is 2.83. The van der Waals surface area contributed by atoms with Crippen LogP contribution in [0.1, 0.15) is 55.5 Å². The van der Waals surface area contributed by atoms with E-state index in [1.807, 2.05) is 39.8 Å². The number of carbonyl (C=O) groups excluding carboxylic acids is 1. The first-order valence-electron chi connectivity index (χ1n) is 10.1. The van der Waals surface area contributed by atoms with Gasteiger partial charge < -0.3 is 14.6 Å². The van der Waals surface area contributed by atoms with Gasteiger partial charge in [-0.15, -0.1) is 0 Å². The molecule has 9 nitrogen and oxygen atoms in total. The first-order valence-corrected chi connectivity index (χ1v) is 10.1. The Labute approximate surface area is 174 Å². The van der Waals surface area contributed by atoms with Crippen LogP contribution in [0.2, 0.25) is 0 Å². The maximum Gasteiger partial charge on any atom is 0.259 e. The molecule has 3 aromatic rings. The Bertz CT molecular complexity index is 1030. The van der Waals surface area contributed by atoms with Crippen LogP contribution in [-0.2, 0) is 10.2 Å². The van der Waals surface area contributed by atoms with E-state index in [1.165, 1.54) is 0 Å². The van der Waals surface area contributed by atoms with Crippen molar-refractivity contribution in [1.29, 1.82) is 0 Å². The van der Waals surface area contributed by atoms with Crippen LogP contribution in [0.4, 0.5) is 0 Å². The van der Waals surface area contributed by atoms with Crippen molar-refractivity contribution in [2.45, 2.75) is 52.1 Å². The highest BCUT2D eigenvalue weighted by Gasteiger charge is 2.22. The summed E-state index contributed by atoms with van der Waals surface area (Å²) in [4.78, 5) is 21.4. The van der Waals surface area contributed by atoms with Crippen molar-refractivity contribution in [1.82, 2.24) is 30.2 Å². The van der Waals surface area contributed by atoms with Crippen molar-refractivity contribution in [2.24, 2.45) is 0 Å². The van der Waals surface area contributed by atoms with Crippen LogP contribution in [-0.4, -0.2) is 50.1 Å². The Morgan fingerprint density at radius 3 is 2.77 bits per heavy atom. The number of hydrogen-bond acceptors (Lipinski definition) is 7. The summed E-state index contributed by atoms with van der Waals surface area (Å²) in [6.07, 6.45) is 5.34. The molecule has 4 heterocycles. The fraction of sp³-hybridized carbons (Fsp3) is 0.476. The normalized spacial score (nSPS) is 16.7. The standard InChI is InChI=1S/C21H26N6O3/c1-13-16(18(28)23-11-15-6-5-9-29-15)12-24-27(13)17-8-7-14(10-22-17)19-25-20(26-30-19)21(2,3)4/h7-8,10,12,15H,5-6,9,11H2,1-4H3,(H,23,28)/t15-/m1/s1. The molecule has 1 aliphatic rings. The number of nitrogens with one attached hydrogen (secondary N) is 1. The summed E-state index contributed by atoms with van der Waals surface area (Å²) < 4.78 is 12.6. The van der Waals surface area contributed by atoms with Crippen LogP contribution >= 0.6 is 0 Å². The zero-order valence-corrected chi connectivity index (χ0v) is 17.7. The average molecular weight is 410 g/mol. The fourth-order valence-electron chi connectivity index (χ4n) is 3.25. The summed E-state index contributed by atoms with van der Waals surface area (Å²) in [5, 5.41) is 11.3. The predicted molar refractivity (Wildman–Crippen MR) is 109 cm³/mol. The van der Waals surface area contributed by atoms with Gasteiger partial charge >= 0.3 is 0 Å². The van der Waals surface area contributed by atoms with E-state index in [2.05, 4.69) is 25.5 Å². The number of pyridine rings is 1. The van der Waals surface area contributed by atoms with E-state index in [0.29, 0.717) is 35.3 Å². The lowest BCUT2D eigenvalue weighted by Gasteiger charge is -2.11. The molecule has 1 fully saturated rings. The van der Waals surface area contributed by atoms with Gasteiger partial charge in [0.1, 0.15) is 0 Å². The van der Waals surface area contributed by atoms with Crippen molar-refractivity contribution >= 4 is 5.91 Å². The van der Waals surface area contributed by atoms with Crippen LogP contribution in [0.3, 0.4) is 0 Å². The summed E-state index contributed by atoms with van der Waals surface area (Å²) in [7, 11) is 0. The van der Waals surface area contributed by atoms with E-state index in [4.69, 9.17) is 9.26 Å². The molecule has 1 saturated heterocycles. The second kappa shape index (κ2) is 7.98. The minimum Gasteiger partial charge on any atom is -0.376 e. The summed E-state index contributed by atoms with van der Waals surface area (Å²) in [5.41, 5.74) is 1.77. The van der Waals surface area contributed by atoms with Crippen molar-refractivity contribution in [3.8, 4) is 17.3 Å². The Kier molecular flexibility index (Phi) is 5.38. The van der Waals surface area contributed by atoms with Crippen molar-refractivity contribution in [3.63, 3.8) is 0 Å². The summed E-state index contributed by atoms with van der Waals surface area (Å²) in [5.74, 6) is 1.50. The molecule has 3 aromatic heterocycles. The maximum absolute atomic E-state index is 12.5. The monoisotopic (exact) mass is 410 g/mol. The molecule has 9 heteroatoms. The molecule has 0 aliphatic carbocycles. The van der Waals surface area contributed by atoms with Gasteiger partial charge in [-0.05, 0) is 31.9 Å². The van der Waals surface area contributed by atoms with Crippen LogP contribution in [0.5, 0.6) is 0 Å². The Balaban J connectivity index is 1.48. The zero-order valence-electron chi connectivity index (χ0n) is 17.7. The highest BCUT2D eigenvalue weighted by molar-refractivity contribution is 5.95. The first-order chi connectivity index (χ1) is 14.3. The number of carbonyl (C=O) groups is 1. The van der Waals surface area contributed by atoms with Crippen LogP contribution < -0.4 is 5.32 Å². The quantitative estimate of drug-likeness (QED) is 0.689. The highest BCUT2D eigenvalue weighted by atomic mass is 16.5. The molecule has 1 atom stereocenters. The Hall–Kier alpha value is -3.07. The van der Waals surface area contributed by atoms with Gasteiger partial charge in [0, 0.05) is 24.8 Å². The van der Waals surface area contributed by atoms with E-state index in [0.717, 1.165) is 25.0 Å². The molecule has 0 aromatic carbocycles. The minimum atomic E-state index is -0.192. The van der Waals surface area contributed by atoms with E-state index >= 15 is 0 Å². The largest absolute Gasteiger partial charge is 0.376 e. The van der Waals surface area contributed by atoms with Gasteiger partial charge in [-0.25, -0.2) is 9.67 Å². The Morgan fingerprint density at radius 1 is 1.30 bits per heavy atom. The van der Waals surface area contributed by atoms with Gasteiger partial charge in [0.2, 0.25) is 0 Å². The second-order valence-corrected chi connectivity index (χ2v) is 8.48. The summed E-state index contributed by atoms with van der Waals surface area (Å²) in [6, 6.07) is 3.66. The van der Waals surface area contributed by atoms with Gasteiger partial charge in [0.25, 0.3) is 11.8 Å².